The Balaban J connectivity index is 1.40. The first-order valence-corrected chi connectivity index (χ1v) is 9.76. The third-order valence-electron chi connectivity index (χ3n) is 5.50. The molecule has 5 heteroatoms. The van der Waals surface area contributed by atoms with Crippen molar-refractivity contribution in [2.24, 2.45) is 4.99 Å². The second-order valence-corrected chi connectivity index (χ2v) is 7.33. The summed E-state index contributed by atoms with van der Waals surface area (Å²) in [6.07, 6.45) is 8.29. The lowest BCUT2D eigenvalue weighted by molar-refractivity contribution is 0.0992. The molecule has 0 spiro atoms. The summed E-state index contributed by atoms with van der Waals surface area (Å²) in [6.45, 7) is 3.58. The van der Waals surface area contributed by atoms with E-state index in [0.29, 0.717) is 30.9 Å². The Bertz CT molecular complexity index is 615. The van der Waals surface area contributed by atoms with Gasteiger partial charge in [-0.3, -0.25) is 0 Å². The summed E-state index contributed by atoms with van der Waals surface area (Å²) in [5.74, 6) is 1.86. The summed E-state index contributed by atoms with van der Waals surface area (Å²) in [6, 6.07) is 8.66. The zero-order chi connectivity index (χ0) is 17.1. The molecule has 136 valence electrons. The van der Waals surface area contributed by atoms with Gasteiger partial charge in [0.1, 0.15) is 5.75 Å². The predicted molar refractivity (Wildman–Crippen MR) is 99.0 cm³/mol. The Labute approximate surface area is 150 Å². The van der Waals surface area contributed by atoms with E-state index in [1.54, 1.807) is 0 Å². The molecule has 25 heavy (non-hydrogen) atoms. The zero-order valence-corrected chi connectivity index (χ0v) is 15.0. The molecule has 3 atom stereocenters. The second kappa shape index (κ2) is 7.65. The molecule has 0 amide bonds. The normalized spacial score (nSPS) is 28.7. The number of aliphatic imine (C=N–C) groups is 1. The molecule has 1 aliphatic carbocycles. The number of guanidine groups is 1. The van der Waals surface area contributed by atoms with Crippen molar-refractivity contribution in [1.82, 2.24) is 10.6 Å². The van der Waals surface area contributed by atoms with E-state index in [9.17, 15) is 0 Å². The van der Waals surface area contributed by atoms with E-state index in [-0.39, 0.29) is 0 Å². The summed E-state index contributed by atoms with van der Waals surface area (Å²) in [5, 5.41) is 6.94. The van der Waals surface area contributed by atoms with Crippen LogP contribution in [0.3, 0.4) is 0 Å². The first kappa shape index (κ1) is 16.7. The van der Waals surface area contributed by atoms with Crippen molar-refractivity contribution >= 4 is 5.96 Å². The van der Waals surface area contributed by atoms with Crippen LogP contribution in [0.1, 0.15) is 51.0 Å². The third kappa shape index (κ3) is 3.92. The Morgan fingerprint density at radius 1 is 1.24 bits per heavy atom. The minimum Gasteiger partial charge on any atom is -0.490 e. The first-order valence-electron chi connectivity index (χ1n) is 9.76. The van der Waals surface area contributed by atoms with Crippen LogP contribution in [-0.4, -0.2) is 36.9 Å². The lowest BCUT2D eigenvalue weighted by atomic mass is 9.96. The summed E-state index contributed by atoms with van der Waals surface area (Å²) in [4.78, 5) is 4.80. The van der Waals surface area contributed by atoms with Crippen LogP contribution in [0.15, 0.2) is 29.3 Å². The number of nitrogens with one attached hydrogen (secondary N) is 2. The monoisotopic (exact) mass is 343 g/mol. The molecule has 3 aliphatic rings. The lowest BCUT2D eigenvalue weighted by Gasteiger charge is -2.27. The summed E-state index contributed by atoms with van der Waals surface area (Å²) in [5.41, 5.74) is 1.15. The molecule has 2 aliphatic heterocycles. The van der Waals surface area contributed by atoms with Crippen molar-refractivity contribution in [2.75, 3.05) is 6.54 Å². The standard InChI is InChI=1S/C20H29N3O2/c1-2-21-20(23-17-12-16-10-11-19(17)25-16)22-13-14-6-3-4-9-18(14)24-15-7-5-8-15/h3-4,6,9,15-17,19H,2,5,7-8,10-13H2,1H3,(H2,21,22,23). The van der Waals surface area contributed by atoms with Gasteiger partial charge in [0.15, 0.2) is 5.96 Å². The fraction of sp³-hybridized carbons (Fsp3) is 0.650. The molecule has 1 aromatic rings. The van der Waals surface area contributed by atoms with Gasteiger partial charge in [-0.25, -0.2) is 4.99 Å². The second-order valence-electron chi connectivity index (χ2n) is 7.33. The van der Waals surface area contributed by atoms with Gasteiger partial charge in [-0.2, -0.15) is 0 Å². The van der Waals surface area contributed by atoms with Crippen molar-refractivity contribution in [3.8, 4) is 5.75 Å². The topological polar surface area (TPSA) is 54.9 Å². The van der Waals surface area contributed by atoms with Crippen LogP contribution in [0.2, 0.25) is 0 Å². The average molecular weight is 343 g/mol. The number of ether oxygens (including phenoxy) is 2. The van der Waals surface area contributed by atoms with Crippen LogP contribution >= 0.6 is 0 Å². The smallest absolute Gasteiger partial charge is 0.191 e. The fourth-order valence-electron chi connectivity index (χ4n) is 3.87. The summed E-state index contributed by atoms with van der Waals surface area (Å²) < 4.78 is 12.1. The molecule has 1 aromatic carbocycles. The Kier molecular flexibility index (Phi) is 5.11. The number of benzene rings is 1. The highest BCUT2D eigenvalue weighted by molar-refractivity contribution is 5.80. The van der Waals surface area contributed by atoms with E-state index in [2.05, 4.69) is 35.8 Å². The molecule has 0 aromatic heterocycles. The van der Waals surface area contributed by atoms with E-state index < -0.39 is 0 Å². The minimum absolute atomic E-state index is 0.350. The van der Waals surface area contributed by atoms with Gasteiger partial charge < -0.3 is 20.1 Å². The van der Waals surface area contributed by atoms with Crippen molar-refractivity contribution < 1.29 is 9.47 Å². The van der Waals surface area contributed by atoms with Gasteiger partial charge in [-0.1, -0.05) is 18.2 Å². The van der Waals surface area contributed by atoms with Gasteiger partial charge in [0.25, 0.3) is 0 Å². The van der Waals surface area contributed by atoms with Crippen LogP contribution in [0, 0.1) is 0 Å². The number of hydrogen-bond donors (Lipinski definition) is 2. The highest BCUT2D eigenvalue weighted by Crippen LogP contribution is 2.34. The van der Waals surface area contributed by atoms with Crippen LogP contribution in [-0.2, 0) is 11.3 Å². The Morgan fingerprint density at radius 3 is 2.80 bits per heavy atom. The fourth-order valence-corrected chi connectivity index (χ4v) is 3.87. The molecule has 3 fully saturated rings. The first-order chi connectivity index (χ1) is 12.3. The van der Waals surface area contributed by atoms with Crippen LogP contribution < -0.4 is 15.4 Å². The van der Waals surface area contributed by atoms with Gasteiger partial charge in [0.05, 0.1) is 30.9 Å². The van der Waals surface area contributed by atoms with E-state index in [1.807, 2.05) is 6.07 Å². The van der Waals surface area contributed by atoms with Crippen LogP contribution in [0.5, 0.6) is 5.75 Å². The van der Waals surface area contributed by atoms with Gasteiger partial charge in [-0.05, 0) is 51.5 Å². The van der Waals surface area contributed by atoms with Gasteiger partial charge in [0, 0.05) is 12.1 Å². The SMILES string of the molecule is CCNC(=NCc1ccccc1OC1CCC1)NC1CC2CCC1O2. The molecular weight excluding hydrogens is 314 g/mol. The molecule has 2 bridgehead atoms. The third-order valence-corrected chi connectivity index (χ3v) is 5.50. The van der Waals surface area contributed by atoms with E-state index in [1.165, 1.54) is 32.1 Å². The van der Waals surface area contributed by atoms with Gasteiger partial charge in [0.2, 0.25) is 0 Å². The molecule has 5 nitrogen and oxygen atoms in total. The van der Waals surface area contributed by atoms with E-state index in [4.69, 9.17) is 14.5 Å². The molecule has 1 saturated carbocycles. The van der Waals surface area contributed by atoms with E-state index in [0.717, 1.165) is 30.2 Å². The maximum atomic E-state index is 6.12. The number of nitrogens with zero attached hydrogens (tertiary/aromatic N) is 1. The Hall–Kier alpha value is -1.75. The largest absolute Gasteiger partial charge is 0.490 e. The van der Waals surface area contributed by atoms with Crippen molar-refractivity contribution in [2.45, 2.75) is 76.3 Å². The Morgan fingerprint density at radius 2 is 2.12 bits per heavy atom. The van der Waals surface area contributed by atoms with Crippen molar-refractivity contribution in [3.05, 3.63) is 29.8 Å². The minimum atomic E-state index is 0.350. The lowest BCUT2D eigenvalue weighted by Crippen LogP contribution is -2.47. The maximum Gasteiger partial charge on any atom is 0.191 e. The van der Waals surface area contributed by atoms with E-state index >= 15 is 0 Å². The molecule has 3 unspecified atom stereocenters. The van der Waals surface area contributed by atoms with Crippen molar-refractivity contribution in [3.63, 3.8) is 0 Å². The maximum absolute atomic E-state index is 6.12. The average Bonchev–Trinajstić information content (AvgIpc) is 3.20. The van der Waals surface area contributed by atoms with Crippen LogP contribution in [0.25, 0.3) is 0 Å². The number of para-hydroxylation sites is 1. The molecular formula is C20H29N3O2. The summed E-state index contributed by atoms with van der Waals surface area (Å²) >= 11 is 0. The molecule has 2 heterocycles. The highest BCUT2D eigenvalue weighted by Gasteiger charge is 2.41. The van der Waals surface area contributed by atoms with Crippen LogP contribution in [0.4, 0.5) is 0 Å². The van der Waals surface area contributed by atoms with Crippen molar-refractivity contribution in [1.29, 1.82) is 0 Å². The summed E-state index contributed by atoms with van der Waals surface area (Å²) in [7, 11) is 0. The predicted octanol–water partition coefficient (Wildman–Crippen LogP) is 2.99. The zero-order valence-electron chi connectivity index (χ0n) is 15.0. The quantitative estimate of drug-likeness (QED) is 0.616. The molecule has 4 rings (SSSR count). The number of hydrogen-bond acceptors (Lipinski definition) is 3. The van der Waals surface area contributed by atoms with Gasteiger partial charge >= 0.3 is 0 Å². The molecule has 2 N–H and O–H groups in total. The molecule has 2 saturated heterocycles. The highest BCUT2D eigenvalue weighted by atomic mass is 16.5. The van der Waals surface area contributed by atoms with Gasteiger partial charge in [-0.15, -0.1) is 0 Å². The number of fused-ring (bicyclic) bond motifs is 2. The molecule has 0 radical (unpaired) electrons. The number of rotatable bonds is 6.